The Morgan fingerprint density at radius 2 is 0.434 bits per heavy atom. The minimum atomic E-state index is -2.44. The molecule has 14 bridgehead atoms. The quantitative estimate of drug-likeness (QED) is 0.0643. The van der Waals surface area contributed by atoms with Gasteiger partial charge in [-0.25, -0.2) is 0 Å². The predicted octanol–water partition coefficient (Wildman–Crippen LogP) is -19.4. The van der Waals surface area contributed by atoms with E-state index in [-0.39, 0.29) is 0 Å². The Balaban J connectivity index is 0.952. The van der Waals surface area contributed by atoms with E-state index in [9.17, 15) is 148 Å². The number of hydrogen-bond donors (Lipinski definition) is 29. The fourth-order valence-corrected chi connectivity index (χ4v) is 16.5. The molecule has 0 aromatic heterocycles. The number of carbonyl (C=O) groups excluding carboxylic acids is 1. The smallest absolute Gasteiger partial charge is 0.224 e. The second-order valence-electron chi connectivity index (χ2n) is 27.0. The largest absolute Gasteiger partial charge is 0.394 e. The lowest BCUT2D eigenvalue weighted by Gasteiger charge is -2.50. The highest BCUT2D eigenvalue weighted by Gasteiger charge is 2.60. The van der Waals surface area contributed by atoms with E-state index in [0.29, 0.717) is 23.5 Å². The van der Waals surface area contributed by atoms with Crippen molar-refractivity contribution in [1.82, 2.24) is 5.32 Å². The molecular formula is C58H97NO45S2. The van der Waals surface area contributed by atoms with Gasteiger partial charge in [0.15, 0.2) is 44.0 Å². The Morgan fingerprint density at radius 1 is 0.236 bits per heavy atom. The van der Waals surface area contributed by atoms with E-state index in [1.165, 1.54) is 0 Å². The minimum Gasteiger partial charge on any atom is -0.394 e. The molecule has 616 valence electrons. The maximum atomic E-state index is 14.7. The van der Waals surface area contributed by atoms with Crippen LogP contribution >= 0.6 is 23.5 Å². The van der Waals surface area contributed by atoms with Crippen LogP contribution < -0.4 is 5.32 Å². The molecule has 45 atom stereocenters. The third-order valence-corrected chi connectivity index (χ3v) is 22.7. The first-order chi connectivity index (χ1) is 50.4. The van der Waals surface area contributed by atoms with Crippen LogP contribution in [0.5, 0.6) is 0 Å². The maximum Gasteiger partial charge on any atom is 0.224 e. The van der Waals surface area contributed by atoms with E-state index in [1.807, 2.05) is 0 Å². The lowest BCUT2D eigenvalue weighted by molar-refractivity contribution is -0.396. The van der Waals surface area contributed by atoms with Gasteiger partial charge in [-0.2, -0.15) is 0 Å². The minimum absolute atomic E-state index is 0.440. The summed E-state index contributed by atoms with van der Waals surface area (Å²) in [5.74, 6) is -3.32. The molecule has 23 saturated heterocycles. The fourth-order valence-electron chi connectivity index (χ4n) is 13.8. The molecule has 48 heteroatoms. The lowest BCUT2D eigenvalue weighted by atomic mass is 9.95. The van der Waals surface area contributed by atoms with Crippen LogP contribution in [0.4, 0.5) is 0 Å². The Labute approximate surface area is 607 Å². The molecule has 23 fully saturated rings. The average molecular weight is 1590 g/mol. The highest BCUT2D eigenvalue weighted by atomic mass is 32.2. The van der Waals surface area contributed by atoms with E-state index < -0.39 is 357 Å². The van der Waals surface area contributed by atoms with E-state index in [4.69, 9.17) is 75.8 Å². The summed E-state index contributed by atoms with van der Waals surface area (Å²) in [6, 6.07) is 0. The molecule has 23 aliphatic heterocycles. The van der Waals surface area contributed by atoms with Crippen LogP contribution in [-0.2, 0) is 80.6 Å². The van der Waals surface area contributed by atoms with Crippen LogP contribution in [0.25, 0.3) is 0 Å². The highest BCUT2D eigenvalue weighted by Crippen LogP contribution is 2.41. The molecule has 1 amide bonds. The van der Waals surface area contributed by atoms with Crippen molar-refractivity contribution in [2.24, 2.45) is 5.92 Å². The van der Waals surface area contributed by atoms with Gasteiger partial charge in [0, 0.05) is 18.1 Å². The van der Waals surface area contributed by atoms with Gasteiger partial charge in [0.1, 0.15) is 231 Å². The number of aliphatic hydroxyl groups is 28. The second kappa shape index (κ2) is 37.8. The number of nitrogens with one attached hydrogen (secondary N) is 1. The molecule has 106 heavy (non-hydrogen) atoms. The van der Waals surface area contributed by atoms with Gasteiger partial charge in [0.05, 0.1) is 58.8 Å². The first kappa shape index (κ1) is 86.8. The topological polar surface area (TPSA) is 743 Å². The van der Waals surface area contributed by atoms with Gasteiger partial charge in [-0.05, 0) is 0 Å². The van der Waals surface area contributed by atoms with Gasteiger partial charge in [-0.15, -0.1) is 23.5 Å². The van der Waals surface area contributed by atoms with Gasteiger partial charge in [0.25, 0.3) is 0 Å². The number of ether oxygens (including phenoxy) is 16. The second-order valence-corrected chi connectivity index (χ2v) is 29.2. The van der Waals surface area contributed by atoms with E-state index in [2.05, 4.69) is 5.32 Å². The van der Waals surface area contributed by atoms with Crippen molar-refractivity contribution in [2.45, 2.75) is 275 Å². The van der Waals surface area contributed by atoms with Crippen molar-refractivity contribution >= 4 is 29.4 Å². The number of aliphatic hydroxyl groups excluding tert-OH is 28. The standard InChI is InChI=1S/C58H97NO45S2/c60-2-14-22(68)24(70)40(86)57(96-14)105-10-12(11-106-58-41(87)25(71)23(69)15(3-61)97-58)49(88)59-1-13-42-26(72)33(79)50(89-13)99-43-16(4-62)91-52(35(81)28(43)74)101-45-18(6-64)93-54(37(83)30(45)76)103-47-20(8-66)95-56(39(85)32(47)78)104-48-21(9-67)94-55(38(84)31(48)77)102-46-19(7-65)92-53(36(82)29(46)75)100-44-17(5-63)90-51(98-42)34(80)27(44)73/h12-48,50-58,60-87H,1-11H2,(H,59,88)/t13-,14-,15-,16-,17-,18-,19-,20-,21-,22-,23-,24-,25-,26+,27+,28+,29+,30+,31+,32+,33-,34-,35-,36-,37-,38-,39-,40-,41-,42+,43+,44+,45+,46+,47+,48+,50+,51+,52+,53+,54+,55+,56+,57-,58-/m0/s1. The summed E-state index contributed by atoms with van der Waals surface area (Å²) in [6.07, 6.45) is -89.0. The van der Waals surface area contributed by atoms with E-state index in [0.717, 1.165) is 0 Å². The number of amides is 1. The summed E-state index contributed by atoms with van der Waals surface area (Å²) in [5.41, 5.74) is -2.94. The van der Waals surface area contributed by atoms with Gasteiger partial charge < -0.3 is 224 Å². The number of thioether (sulfide) groups is 2. The molecule has 23 aliphatic rings. The SMILES string of the molecule is O=C(NC[C@@H]1O[C@@H]2O[C@H]3[C@H](O)[C@H](O)[C@@H](O[C@H]4[C@H](O)[C@H](O)[C@@H](O[C@H]5[C@H](O)[C@H](O)[C@@H](O[C@H]6[C@H](O)[C@H](O)[C@@H](O[C@H]7[C@H](O)[C@H](O)[C@@H](O[C@H]8[C@H](O)[C@H](O)[C@@H](O[C@H]1[C@H](O)[C@@H]2O)O[C@H]8CO)O[C@H]7CO)O[C@H]6CO)O[C@H]5CO)O[C@H]4CO)O[C@H]3CO)C(CS[C@@H]1O[C@@H](CO)[C@H](O)[C@H](O)[C@@H]1O)CS[C@@H]1O[C@@H](CO)[C@H](O)[C@H](O)[C@@H]1O. The van der Waals surface area contributed by atoms with E-state index in [1.54, 1.807) is 0 Å². The number of carbonyl (C=O) groups is 1. The first-order valence-electron chi connectivity index (χ1n) is 33.9. The molecule has 0 aromatic carbocycles. The van der Waals surface area contributed by atoms with Crippen molar-refractivity contribution < 1.29 is 224 Å². The molecular weight excluding hydrogens is 1490 g/mol. The fraction of sp³-hybridized carbons (Fsp3) is 0.983. The third-order valence-electron chi connectivity index (χ3n) is 20.1. The monoisotopic (exact) mass is 1590 g/mol. The normalized spacial score (nSPS) is 52.3. The highest BCUT2D eigenvalue weighted by molar-refractivity contribution is 8.00. The van der Waals surface area contributed by atoms with Crippen LogP contribution in [-0.4, -0.2) is 494 Å². The van der Waals surface area contributed by atoms with Crippen molar-refractivity contribution in [2.75, 3.05) is 70.9 Å². The number of hydrogen-bond acceptors (Lipinski definition) is 47. The molecule has 0 saturated carbocycles. The van der Waals surface area contributed by atoms with Gasteiger partial charge in [-0.1, -0.05) is 0 Å². The zero-order chi connectivity index (χ0) is 77.3. The molecule has 29 N–H and O–H groups in total. The van der Waals surface area contributed by atoms with Gasteiger partial charge in [0.2, 0.25) is 5.91 Å². The van der Waals surface area contributed by atoms with Crippen molar-refractivity contribution in [3.8, 4) is 0 Å². The van der Waals surface area contributed by atoms with Gasteiger partial charge >= 0.3 is 0 Å². The number of rotatable bonds is 17. The zero-order valence-corrected chi connectivity index (χ0v) is 57.2. The van der Waals surface area contributed by atoms with Crippen LogP contribution in [0.1, 0.15) is 0 Å². The van der Waals surface area contributed by atoms with Gasteiger partial charge in [-0.3, -0.25) is 4.79 Å². The molecule has 0 aliphatic carbocycles. The molecule has 0 radical (unpaired) electrons. The van der Waals surface area contributed by atoms with Crippen LogP contribution in [0.3, 0.4) is 0 Å². The molecule has 0 unspecified atom stereocenters. The summed E-state index contributed by atoms with van der Waals surface area (Å²) in [4.78, 5) is 14.7. The molecule has 0 spiro atoms. The Hall–Kier alpha value is -1.59. The maximum absolute atomic E-state index is 14.7. The Morgan fingerprint density at radius 3 is 0.642 bits per heavy atom. The molecule has 46 nitrogen and oxygen atoms in total. The molecule has 23 heterocycles. The average Bonchev–Trinajstić information content (AvgIpc) is 0.773. The summed E-state index contributed by atoms with van der Waals surface area (Å²) in [5, 5.41) is 313. The Bertz CT molecular complexity index is 2650. The Kier molecular flexibility index (Phi) is 30.9. The van der Waals surface area contributed by atoms with E-state index >= 15 is 0 Å². The van der Waals surface area contributed by atoms with Crippen LogP contribution in [0, 0.1) is 5.92 Å². The molecule has 23 rings (SSSR count). The zero-order valence-electron chi connectivity index (χ0n) is 55.6. The first-order valence-corrected chi connectivity index (χ1v) is 36.0. The van der Waals surface area contributed by atoms with Crippen molar-refractivity contribution in [3.05, 3.63) is 0 Å². The predicted molar refractivity (Wildman–Crippen MR) is 330 cm³/mol. The van der Waals surface area contributed by atoms with Crippen LogP contribution in [0.2, 0.25) is 0 Å². The third kappa shape index (κ3) is 18.1. The summed E-state index contributed by atoms with van der Waals surface area (Å²) >= 11 is 1.32. The lowest BCUT2D eigenvalue weighted by Crippen LogP contribution is -2.68. The van der Waals surface area contributed by atoms with Crippen LogP contribution in [0.15, 0.2) is 0 Å². The van der Waals surface area contributed by atoms with Crippen molar-refractivity contribution in [1.29, 1.82) is 0 Å². The summed E-state index contributed by atoms with van der Waals surface area (Å²) in [6.45, 7) is -9.47. The molecule has 0 aromatic rings. The summed E-state index contributed by atoms with van der Waals surface area (Å²) < 4.78 is 92.7. The summed E-state index contributed by atoms with van der Waals surface area (Å²) in [7, 11) is 0. The van der Waals surface area contributed by atoms with Crippen molar-refractivity contribution in [3.63, 3.8) is 0 Å².